The smallest absolute Gasteiger partial charge is 0.266 e. The Labute approximate surface area is 169 Å². The summed E-state index contributed by atoms with van der Waals surface area (Å²) in [5, 5.41) is 12.8. The van der Waals surface area contributed by atoms with Crippen LogP contribution in [0.1, 0.15) is 22.5 Å². The number of carbonyl (C=O) groups is 1. The van der Waals surface area contributed by atoms with E-state index in [9.17, 15) is 10.1 Å². The summed E-state index contributed by atoms with van der Waals surface area (Å²) in [4.78, 5) is 12.5. The highest BCUT2D eigenvalue weighted by Crippen LogP contribution is 2.24. The summed E-state index contributed by atoms with van der Waals surface area (Å²) in [6.07, 6.45) is 1.62. The maximum atomic E-state index is 12.5. The van der Waals surface area contributed by atoms with Gasteiger partial charge in [-0.05, 0) is 80.4 Å². The van der Waals surface area contributed by atoms with Gasteiger partial charge in [0.15, 0.2) is 0 Å². The number of anilines is 1. The zero-order valence-corrected chi connectivity index (χ0v) is 16.7. The van der Waals surface area contributed by atoms with Gasteiger partial charge in [0.25, 0.3) is 5.91 Å². The lowest BCUT2D eigenvalue weighted by atomic mass is 10.1. The quantitative estimate of drug-likeness (QED) is 0.466. The normalized spacial score (nSPS) is 11.2. The van der Waals surface area contributed by atoms with Crippen molar-refractivity contribution in [2.75, 3.05) is 5.32 Å². The maximum absolute atomic E-state index is 12.5. The molecular formula is C23H20ClN3O. The van der Waals surface area contributed by atoms with Gasteiger partial charge in [0.2, 0.25) is 0 Å². The maximum Gasteiger partial charge on any atom is 0.266 e. The average molecular weight is 390 g/mol. The number of nitrogens with zero attached hydrogens (tertiary/aromatic N) is 2. The Hall–Kier alpha value is -3.29. The first-order valence-electron chi connectivity index (χ1n) is 8.83. The summed E-state index contributed by atoms with van der Waals surface area (Å²) in [5.74, 6) is -0.454. The van der Waals surface area contributed by atoms with E-state index in [-0.39, 0.29) is 5.57 Å². The minimum absolute atomic E-state index is 0.0412. The molecule has 0 fully saturated rings. The van der Waals surface area contributed by atoms with Gasteiger partial charge < -0.3 is 9.88 Å². The standard InChI is InChI=1S/C23H20ClN3O/c1-15-5-4-6-22(11-15)27-16(2)12-18(17(27)3)13-19(14-25)23(28)26-21-9-7-20(24)8-10-21/h4-13H,1-3H3,(H,26,28)/b19-13-. The Bertz CT molecular complexity index is 1100. The van der Waals surface area contributed by atoms with Crippen molar-refractivity contribution in [3.8, 4) is 11.8 Å². The molecule has 4 nitrogen and oxygen atoms in total. The van der Waals surface area contributed by atoms with Crippen molar-refractivity contribution < 1.29 is 4.79 Å². The van der Waals surface area contributed by atoms with Gasteiger partial charge >= 0.3 is 0 Å². The minimum atomic E-state index is -0.454. The number of benzene rings is 2. The number of carbonyl (C=O) groups excluding carboxylic acids is 1. The number of hydrogen-bond acceptors (Lipinski definition) is 2. The topological polar surface area (TPSA) is 57.8 Å². The third kappa shape index (κ3) is 4.16. The molecule has 1 heterocycles. The van der Waals surface area contributed by atoms with Crippen LogP contribution in [0.25, 0.3) is 11.8 Å². The number of aromatic nitrogens is 1. The first-order chi connectivity index (χ1) is 13.4. The molecule has 0 bridgehead atoms. The second kappa shape index (κ2) is 8.16. The lowest BCUT2D eigenvalue weighted by molar-refractivity contribution is -0.112. The Morgan fingerprint density at radius 2 is 1.82 bits per heavy atom. The van der Waals surface area contributed by atoms with E-state index in [1.807, 2.05) is 51.1 Å². The van der Waals surface area contributed by atoms with Crippen molar-refractivity contribution >= 4 is 29.3 Å². The third-order valence-corrected chi connectivity index (χ3v) is 4.75. The minimum Gasteiger partial charge on any atom is -0.321 e. The van der Waals surface area contributed by atoms with Gasteiger partial charge in [0.1, 0.15) is 11.6 Å². The molecule has 140 valence electrons. The Morgan fingerprint density at radius 3 is 2.46 bits per heavy atom. The number of halogens is 1. The van der Waals surface area contributed by atoms with Crippen molar-refractivity contribution in [1.29, 1.82) is 5.26 Å². The van der Waals surface area contributed by atoms with Crippen LogP contribution in [0.15, 0.2) is 60.2 Å². The van der Waals surface area contributed by atoms with E-state index in [1.165, 1.54) is 5.56 Å². The molecule has 28 heavy (non-hydrogen) atoms. The number of nitrogens with one attached hydrogen (secondary N) is 1. The van der Waals surface area contributed by atoms with E-state index in [4.69, 9.17) is 11.6 Å². The van der Waals surface area contributed by atoms with Crippen LogP contribution in [0.4, 0.5) is 5.69 Å². The predicted octanol–water partition coefficient (Wildman–Crippen LogP) is 5.60. The molecule has 0 saturated carbocycles. The molecule has 0 aliphatic heterocycles. The Morgan fingerprint density at radius 1 is 1.11 bits per heavy atom. The van der Waals surface area contributed by atoms with Gasteiger partial charge in [-0.1, -0.05) is 23.7 Å². The van der Waals surface area contributed by atoms with Gasteiger partial charge in [-0.3, -0.25) is 4.79 Å². The molecule has 0 aliphatic carbocycles. The molecule has 0 aliphatic rings. The summed E-state index contributed by atoms with van der Waals surface area (Å²) < 4.78 is 2.12. The molecule has 2 aromatic carbocycles. The van der Waals surface area contributed by atoms with Crippen LogP contribution >= 0.6 is 11.6 Å². The van der Waals surface area contributed by atoms with Crippen LogP contribution < -0.4 is 5.32 Å². The first-order valence-corrected chi connectivity index (χ1v) is 9.21. The van der Waals surface area contributed by atoms with E-state index >= 15 is 0 Å². The zero-order valence-electron chi connectivity index (χ0n) is 16.0. The van der Waals surface area contributed by atoms with Crippen LogP contribution in [0.5, 0.6) is 0 Å². The molecule has 0 unspecified atom stereocenters. The lowest BCUT2D eigenvalue weighted by Gasteiger charge is -2.10. The zero-order chi connectivity index (χ0) is 20.3. The predicted molar refractivity (Wildman–Crippen MR) is 114 cm³/mol. The van der Waals surface area contributed by atoms with Crippen LogP contribution in [-0.2, 0) is 4.79 Å². The van der Waals surface area contributed by atoms with Crippen molar-refractivity contribution in [3.05, 3.63) is 87.7 Å². The summed E-state index contributed by atoms with van der Waals surface area (Å²) >= 11 is 5.86. The van der Waals surface area contributed by atoms with Crippen LogP contribution in [-0.4, -0.2) is 10.5 Å². The van der Waals surface area contributed by atoms with Crippen molar-refractivity contribution in [2.24, 2.45) is 0 Å². The van der Waals surface area contributed by atoms with Crippen molar-refractivity contribution in [2.45, 2.75) is 20.8 Å². The molecule has 0 spiro atoms. The Balaban J connectivity index is 1.93. The van der Waals surface area contributed by atoms with Crippen LogP contribution in [0, 0.1) is 32.1 Å². The van der Waals surface area contributed by atoms with Crippen LogP contribution in [0.3, 0.4) is 0 Å². The first kappa shape index (κ1) is 19.5. The number of rotatable bonds is 4. The molecule has 3 rings (SSSR count). The van der Waals surface area contributed by atoms with E-state index in [2.05, 4.69) is 16.0 Å². The highest BCUT2D eigenvalue weighted by molar-refractivity contribution is 6.30. The number of aryl methyl sites for hydroxylation is 2. The van der Waals surface area contributed by atoms with Gasteiger partial charge in [0, 0.05) is 27.8 Å². The Kier molecular flexibility index (Phi) is 5.67. The lowest BCUT2D eigenvalue weighted by Crippen LogP contribution is -2.13. The van der Waals surface area contributed by atoms with Gasteiger partial charge in [-0.15, -0.1) is 0 Å². The second-order valence-electron chi connectivity index (χ2n) is 6.63. The number of hydrogen-bond donors (Lipinski definition) is 1. The monoisotopic (exact) mass is 389 g/mol. The van der Waals surface area contributed by atoms with Crippen molar-refractivity contribution in [3.63, 3.8) is 0 Å². The number of nitriles is 1. The SMILES string of the molecule is Cc1cccc(-n2c(C)cc(/C=C(/C#N)C(=O)Nc3ccc(Cl)cc3)c2C)c1. The molecule has 0 atom stereocenters. The fraction of sp³-hybridized carbons (Fsp3) is 0.130. The third-order valence-electron chi connectivity index (χ3n) is 4.50. The van der Waals surface area contributed by atoms with Gasteiger partial charge in [-0.2, -0.15) is 5.26 Å². The summed E-state index contributed by atoms with van der Waals surface area (Å²) in [7, 11) is 0. The van der Waals surface area contributed by atoms with Gasteiger partial charge in [-0.25, -0.2) is 0 Å². The van der Waals surface area contributed by atoms with E-state index in [1.54, 1.807) is 30.3 Å². The molecule has 0 radical (unpaired) electrons. The fourth-order valence-corrected chi connectivity index (χ4v) is 3.26. The van der Waals surface area contributed by atoms with E-state index in [0.717, 1.165) is 22.6 Å². The molecule has 1 N–H and O–H groups in total. The average Bonchev–Trinajstić information content (AvgIpc) is 2.94. The summed E-state index contributed by atoms with van der Waals surface area (Å²) in [6.45, 7) is 6.03. The highest BCUT2D eigenvalue weighted by atomic mass is 35.5. The second-order valence-corrected chi connectivity index (χ2v) is 7.07. The summed E-state index contributed by atoms with van der Waals surface area (Å²) in [6, 6.07) is 18.9. The fourth-order valence-electron chi connectivity index (χ4n) is 3.13. The number of amides is 1. The molecule has 1 aromatic heterocycles. The molecule has 3 aromatic rings. The molecule has 1 amide bonds. The van der Waals surface area contributed by atoms with Crippen LogP contribution in [0.2, 0.25) is 5.02 Å². The van der Waals surface area contributed by atoms with E-state index in [0.29, 0.717) is 10.7 Å². The van der Waals surface area contributed by atoms with Crippen molar-refractivity contribution in [1.82, 2.24) is 4.57 Å². The summed E-state index contributed by atoms with van der Waals surface area (Å²) in [5.41, 5.74) is 5.68. The molecular weight excluding hydrogens is 370 g/mol. The molecule has 5 heteroatoms. The van der Waals surface area contributed by atoms with Gasteiger partial charge in [0.05, 0.1) is 0 Å². The highest BCUT2D eigenvalue weighted by Gasteiger charge is 2.14. The van der Waals surface area contributed by atoms with E-state index < -0.39 is 5.91 Å². The largest absolute Gasteiger partial charge is 0.321 e. The molecule has 0 saturated heterocycles.